The van der Waals surface area contributed by atoms with Crippen molar-refractivity contribution in [2.45, 2.75) is 25.0 Å². The van der Waals surface area contributed by atoms with E-state index in [2.05, 4.69) is 20.4 Å². The van der Waals surface area contributed by atoms with Crippen LogP contribution in [0, 0.1) is 5.82 Å². The Balaban J connectivity index is 1.30. The molecule has 2 aromatic rings. The molecule has 0 spiro atoms. The average molecular weight is 445 g/mol. The van der Waals surface area contributed by atoms with Crippen LogP contribution in [0.1, 0.15) is 24.6 Å². The molecular weight excluding hydrogens is 415 g/mol. The van der Waals surface area contributed by atoms with Gasteiger partial charge in [0.2, 0.25) is 0 Å². The maximum absolute atomic E-state index is 13.2. The van der Waals surface area contributed by atoms with Crippen LogP contribution in [0.25, 0.3) is 0 Å². The lowest BCUT2D eigenvalue weighted by atomic mass is 10.1. The van der Waals surface area contributed by atoms with Gasteiger partial charge in [0.1, 0.15) is 11.6 Å². The number of ether oxygens (including phenoxy) is 1. The number of carbonyl (C=O) groups is 2. The van der Waals surface area contributed by atoms with Gasteiger partial charge in [0, 0.05) is 51.6 Å². The maximum atomic E-state index is 13.2. The number of hydrogen-bond donors (Lipinski definition) is 2. The molecule has 9 heteroatoms. The van der Waals surface area contributed by atoms with Gasteiger partial charge in [-0.15, -0.1) is 0 Å². The Kier molecular flexibility index (Phi) is 7.39. The molecule has 2 fully saturated rings. The Morgan fingerprint density at radius 1 is 1.06 bits per heavy atom. The summed E-state index contributed by atoms with van der Waals surface area (Å²) in [7, 11) is 0. The van der Waals surface area contributed by atoms with Crippen LogP contribution in [0.2, 0.25) is 0 Å². The third-order valence-corrected chi connectivity index (χ3v) is 5.99. The first-order valence-electron chi connectivity index (χ1n) is 11.1. The molecule has 2 saturated heterocycles. The Morgan fingerprint density at radius 3 is 2.47 bits per heavy atom. The predicted octanol–water partition coefficient (Wildman–Crippen LogP) is 1.69. The molecule has 0 aliphatic carbocycles. The van der Waals surface area contributed by atoms with E-state index in [1.165, 1.54) is 12.1 Å². The molecule has 2 aliphatic rings. The highest BCUT2D eigenvalue weighted by molar-refractivity contribution is 6.35. The van der Waals surface area contributed by atoms with Crippen LogP contribution >= 0.6 is 0 Å². The monoisotopic (exact) mass is 444 g/mol. The van der Waals surface area contributed by atoms with Crippen LogP contribution in [-0.4, -0.2) is 68.7 Å². The second kappa shape index (κ2) is 10.6. The van der Waals surface area contributed by atoms with Crippen molar-refractivity contribution >= 4 is 17.5 Å². The minimum Gasteiger partial charge on any atom is -0.468 e. The van der Waals surface area contributed by atoms with Gasteiger partial charge in [-0.25, -0.2) is 4.39 Å². The van der Waals surface area contributed by atoms with Gasteiger partial charge in [0.25, 0.3) is 0 Å². The fourth-order valence-corrected chi connectivity index (χ4v) is 4.20. The summed E-state index contributed by atoms with van der Waals surface area (Å²) in [5, 5.41) is 5.39. The molecular formula is C23H29FN4O4. The number of nitrogens with one attached hydrogen (secondary N) is 2. The number of piperazine rings is 1. The maximum Gasteiger partial charge on any atom is 0.309 e. The van der Waals surface area contributed by atoms with Crippen molar-refractivity contribution in [3.8, 4) is 0 Å². The lowest BCUT2D eigenvalue weighted by Gasteiger charge is -2.39. The fraction of sp³-hybridized carbons (Fsp3) is 0.478. The average Bonchev–Trinajstić information content (AvgIpc) is 3.53. The highest BCUT2D eigenvalue weighted by Crippen LogP contribution is 2.24. The fourth-order valence-electron chi connectivity index (χ4n) is 4.20. The molecule has 4 rings (SSSR count). The van der Waals surface area contributed by atoms with Crippen LogP contribution in [-0.2, 0) is 14.3 Å². The van der Waals surface area contributed by atoms with Gasteiger partial charge in [0.15, 0.2) is 0 Å². The quantitative estimate of drug-likeness (QED) is 0.632. The van der Waals surface area contributed by atoms with Crippen LogP contribution < -0.4 is 15.5 Å². The molecule has 0 radical (unpaired) electrons. The minimum absolute atomic E-state index is 0.0139. The van der Waals surface area contributed by atoms with E-state index in [-0.39, 0.29) is 24.5 Å². The number of benzene rings is 1. The molecule has 1 aromatic carbocycles. The predicted molar refractivity (Wildman–Crippen MR) is 117 cm³/mol. The van der Waals surface area contributed by atoms with Gasteiger partial charge in [-0.3, -0.25) is 14.5 Å². The summed E-state index contributed by atoms with van der Waals surface area (Å²) in [6, 6.07) is 10.00. The van der Waals surface area contributed by atoms with Crippen molar-refractivity contribution in [3.05, 3.63) is 54.2 Å². The summed E-state index contributed by atoms with van der Waals surface area (Å²) >= 11 is 0. The van der Waals surface area contributed by atoms with Gasteiger partial charge in [-0.2, -0.15) is 0 Å². The van der Waals surface area contributed by atoms with E-state index in [0.717, 1.165) is 50.5 Å². The van der Waals surface area contributed by atoms with E-state index < -0.39 is 11.8 Å². The lowest BCUT2D eigenvalue weighted by molar-refractivity contribution is -0.139. The highest BCUT2D eigenvalue weighted by atomic mass is 19.1. The molecule has 1 aromatic heterocycles. The molecule has 2 amide bonds. The normalized spacial score (nSPS) is 20.2. The molecule has 3 heterocycles. The molecule has 2 aliphatic heterocycles. The Bertz CT molecular complexity index is 876. The Morgan fingerprint density at radius 2 is 1.81 bits per heavy atom. The van der Waals surface area contributed by atoms with Gasteiger partial charge >= 0.3 is 11.8 Å². The van der Waals surface area contributed by atoms with E-state index in [1.54, 1.807) is 18.4 Å². The summed E-state index contributed by atoms with van der Waals surface area (Å²) in [5.74, 6) is -0.828. The summed E-state index contributed by atoms with van der Waals surface area (Å²) in [4.78, 5) is 28.9. The second-order valence-corrected chi connectivity index (χ2v) is 8.09. The zero-order valence-corrected chi connectivity index (χ0v) is 18.0. The minimum atomic E-state index is -0.662. The Labute approximate surface area is 186 Å². The van der Waals surface area contributed by atoms with Crippen molar-refractivity contribution in [1.82, 2.24) is 15.5 Å². The number of furan rings is 1. The number of nitrogens with zero attached hydrogens (tertiary/aromatic N) is 2. The van der Waals surface area contributed by atoms with Gasteiger partial charge < -0.3 is 24.7 Å². The first kappa shape index (κ1) is 22.3. The van der Waals surface area contributed by atoms with Gasteiger partial charge in [-0.1, -0.05) is 0 Å². The van der Waals surface area contributed by atoms with E-state index >= 15 is 0 Å². The first-order chi connectivity index (χ1) is 15.6. The molecule has 8 nitrogen and oxygen atoms in total. The summed E-state index contributed by atoms with van der Waals surface area (Å²) in [6.45, 7) is 4.31. The first-order valence-corrected chi connectivity index (χ1v) is 11.1. The molecule has 2 N–H and O–H groups in total. The van der Waals surface area contributed by atoms with E-state index in [0.29, 0.717) is 13.2 Å². The molecule has 172 valence electrons. The number of hydrogen-bond acceptors (Lipinski definition) is 6. The summed E-state index contributed by atoms with van der Waals surface area (Å²) in [6.07, 6.45) is 3.46. The topological polar surface area (TPSA) is 87.0 Å². The van der Waals surface area contributed by atoms with Crippen LogP contribution in [0.15, 0.2) is 47.1 Å². The molecule has 0 unspecified atom stereocenters. The Hall–Kier alpha value is -2.91. The zero-order chi connectivity index (χ0) is 22.3. The van der Waals surface area contributed by atoms with E-state index in [1.807, 2.05) is 12.1 Å². The molecule has 0 bridgehead atoms. The number of amides is 2. The van der Waals surface area contributed by atoms with Crippen LogP contribution in [0.4, 0.5) is 10.1 Å². The molecule has 2 atom stereocenters. The molecule has 0 saturated carbocycles. The van der Waals surface area contributed by atoms with Crippen molar-refractivity contribution in [2.24, 2.45) is 0 Å². The van der Waals surface area contributed by atoms with Crippen LogP contribution in [0.3, 0.4) is 0 Å². The standard InChI is InChI=1S/C23H29FN4O4/c24-17-5-7-18(8-6-17)27-9-11-28(12-10-27)20(21-4-2-14-32-21)16-26-23(30)22(29)25-15-19-3-1-13-31-19/h2,4-8,14,19-20H,1,3,9-13,15-16H2,(H,25,29)(H,26,30)/t19-,20-/m0/s1. The zero-order valence-electron chi connectivity index (χ0n) is 18.0. The van der Waals surface area contributed by atoms with Crippen molar-refractivity contribution < 1.29 is 23.1 Å². The van der Waals surface area contributed by atoms with E-state index in [9.17, 15) is 14.0 Å². The van der Waals surface area contributed by atoms with Crippen molar-refractivity contribution in [2.75, 3.05) is 50.8 Å². The number of anilines is 1. The number of halogens is 1. The van der Waals surface area contributed by atoms with E-state index in [4.69, 9.17) is 9.15 Å². The third-order valence-electron chi connectivity index (χ3n) is 5.99. The summed E-state index contributed by atoms with van der Waals surface area (Å²) < 4.78 is 24.3. The van der Waals surface area contributed by atoms with Crippen LogP contribution in [0.5, 0.6) is 0 Å². The number of carbonyl (C=O) groups excluding carboxylic acids is 2. The second-order valence-electron chi connectivity index (χ2n) is 8.09. The van der Waals surface area contributed by atoms with Gasteiger partial charge in [-0.05, 0) is 49.2 Å². The smallest absolute Gasteiger partial charge is 0.309 e. The lowest BCUT2D eigenvalue weighted by Crippen LogP contribution is -2.51. The van der Waals surface area contributed by atoms with Crippen molar-refractivity contribution in [1.29, 1.82) is 0 Å². The summed E-state index contributed by atoms with van der Waals surface area (Å²) in [5.41, 5.74) is 0.983. The number of rotatable bonds is 7. The SMILES string of the molecule is O=C(NC[C@@H]1CCCO1)C(=O)NC[C@@H](c1ccco1)N1CCN(c2ccc(F)cc2)CC1. The highest BCUT2D eigenvalue weighted by Gasteiger charge is 2.28. The molecule has 32 heavy (non-hydrogen) atoms. The van der Waals surface area contributed by atoms with Crippen molar-refractivity contribution in [3.63, 3.8) is 0 Å². The van der Waals surface area contributed by atoms with Gasteiger partial charge in [0.05, 0.1) is 18.4 Å². The third kappa shape index (κ3) is 5.66. The largest absolute Gasteiger partial charge is 0.468 e.